The van der Waals surface area contributed by atoms with Crippen LogP contribution in [0.3, 0.4) is 0 Å². The molecule has 0 aliphatic rings. The Kier molecular flexibility index (Phi) is 5.95. The zero-order valence-corrected chi connectivity index (χ0v) is 14.1. The van der Waals surface area contributed by atoms with Crippen LogP contribution < -0.4 is 10.6 Å². The molecule has 0 aliphatic heterocycles. The van der Waals surface area contributed by atoms with Crippen LogP contribution in [-0.2, 0) is 11.3 Å². The standard InChI is InChI=1S/C17H22N4O3/c1-4-24-17(23)19-14-7-5-6-13(10-14)15(22)20-16-18-8-9-21(16)11-12(2)3/h5-10,12H,4,11H2,1-3H3,(H,19,23)(H,18,20,22). The van der Waals surface area contributed by atoms with Crippen molar-refractivity contribution in [1.82, 2.24) is 9.55 Å². The van der Waals surface area contributed by atoms with Crippen molar-refractivity contribution in [2.24, 2.45) is 5.92 Å². The van der Waals surface area contributed by atoms with Crippen molar-refractivity contribution in [1.29, 1.82) is 0 Å². The van der Waals surface area contributed by atoms with Crippen LogP contribution in [0.1, 0.15) is 31.1 Å². The number of carbonyl (C=O) groups is 2. The first kappa shape index (κ1) is 17.5. The highest BCUT2D eigenvalue weighted by molar-refractivity contribution is 6.04. The average Bonchev–Trinajstić information content (AvgIpc) is 2.94. The largest absolute Gasteiger partial charge is 0.450 e. The van der Waals surface area contributed by atoms with Gasteiger partial charge in [-0.1, -0.05) is 19.9 Å². The number of carbonyl (C=O) groups excluding carboxylic acids is 2. The molecule has 0 bridgehead atoms. The lowest BCUT2D eigenvalue weighted by atomic mass is 10.2. The van der Waals surface area contributed by atoms with E-state index in [1.54, 1.807) is 37.4 Å². The topological polar surface area (TPSA) is 85.2 Å². The van der Waals surface area contributed by atoms with Crippen LogP contribution in [0.25, 0.3) is 0 Å². The number of anilines is 2. The molecular weight excluding hydrogens is 308 g/mol. The van der Waals surface area contributed by atoms with Crippen molar-refractivity contribution in [3.8, 4) is 0 Å². The molecule has 2 amide bonds. The summed E-state index contributed by atoms with van der Waals surface area (Å²) in [5, 5.41) is 5.36. The Labute approximate surface area is 141 Å². The molecule has 0 saturated heterocycles. The highest BCUT2D eigenvalue weighted by atomic mass is 16.5. The second-order valence-electron chi connectivity index (χ2n) is 5.68. The number of hydrogen-bond acceptors (Lipinski definition) is 4. The van der Waals surface area contributed by atoms with E-state index in [0.717, 1.165) is 6.54 Å². The summed E-state index contributed by atoms with van der Waals surface area (Å²) in [5.74, 6) is 0.642. The third-order valence-corrected chi connectivity index (χ3v) is 3.15. The highest BCUT2D eigenvalue weighted by Crippen LogP contribution is 2.14. The molecule has 0 radical (unpaired) electrons. The zero-order valence-electron chi connectivity index (χ0n) is 14.1. The molecule has 128 valence electrons. The van der Waals surface area contributed by atoms with Gasteiger partial charge in [-0.05, 0) is 31.0 Å². The van der Waals surface area contributed by atoms with E-state index in [1.165, 1.54) is 0 Å². The third kappa shape index (κ3) is 4.84. The van der Waals surface area contributed by atoms with E-state index in [2.05, 4.69) is 29.5 Å². The van der Waals surface area contributed by atoms with Gasteiger partial charge in [-0.3, -0.25) is 15.4 Å². The van der Waals surface area contributed by atoms with Gasteiger partial charge < -0.3 is 9.30 Å². The van der Waals surface area contributed by atoms with E-state index in [-0.39, 0.29) is 12.5 Å². The minimum Gasteiger partial charge on any atom is -0.450 e. The lowest BCUT2D eigenvalue weighted by molar-refractivity contribution is 0.102. The van der Waals surface area contributed by atoms with Gasteiger partial charge in [0.2, 0.25) is 5.95 Å². The van der Waals surface area contributed by atoms with Crippen molar-refractivity contribution < 1.29 is 14.3 Å². The summed E-state index contributed by atoms with van der Waals surface area (Å²) in [5.41, 5.74) is 0.912. The fourth-order valence-electron chi connectivity index (χ4n) is 2.17. The second-order valence-corrected chi connectivity index (χ2v) is 5.68. The van der Waals surface area contributed by atoms with E-state index in [4.69, 9.17) is 4.74 Å². The Morgan fingerprint density at radius 2 is 2.08 bits per heavy atom. The van der Waals surface area contributed by atoms with Crippen LogP contribution in [-0.4, -0.2) is 28.2 Å². The number of hydrogen-bond donors (Lipinski definition) is 2. The van der Waals surface area contributed by atoms with Crippen molar-refractivity contribution >= 4 is 23.6 Å². The number of nitrogens with one attached hydrogen (secondary N) is 2. The first-order valence-electron chi connectivity index (χ1n) is 7.86. The lowest BCUT2D eigenvalue weighted by Gasteiger charge is -2.11. The zero-order chi connectivity index (χ0) is 17.5. The number of rotatable bonds is 6. The van der Waals surface area contributed by atoms with E-state index in [1.807, 2.05) is 10.8 Å². The summed E-state index contributed by atoms with van der Waals surface area (Å²) in [6.07, 6.45) is 2.92. The Morgan fingerprint density at radius 1 is 1.29 bits per heavy atom. The number of amides is 2. The first-order chi connectivity index (χ1) is 11.5. The molecule has 7 heteroatoms. The summed E-state index contributed by atoms with van der Waals surface area (Å²) in [4.78, 5) is 28.0. The van der Waals surface area contributed by atoms with Gasteiger partial charge in [0.25, 0.3) is 5.91 Å². The highest BCUT2D eigenvalue weighted by Gasteiger charge is 2.12. The maximum absolute atomic E-state index is 12.4. The summed E-state index contributed by atoms with van der Waals surface area (Å²) < 4.78 is 6.71. The Bertz CT molecular complexity index is 709. The molecular formula is C17H22N4O3. The predicted molar refractivity (Wildman–Crippen MR) is 92.1 cm³/mol. The van der Waals surface area contributed by atoms with Gasteiger partial charge >= 0.3 is 6.09 Å². The van der Waals surface area contributed by atoms with Crippen molar-refractivity contribution in [3.05, 3.63) is 42.2 Å². The molecule has 0 spiro atoms. The minimum atomic E-state index is -0.553. The first-order valence-corrected chi connectivity index (χ1v) is 7.86. The maximum Gasteiger partial charge on any atom is 0.411 e. The smallest absolute Gasteiger partial charge is 0.411 e. The fraction of sp³-hybridized carbons (Fsp3) is 0.353. The Balaban J connectivity index is 2.07. The van der Waals surface area contributed by atoms with Crippen LogP contribution in [0.5, 0.6) is 0 Å². The fourth-order valence-corrected chi connectivity index (χ4v) is 2.17. The molecule has 0 fully saturated rings. The van der Waals surface area contributed by atoms with Gasteiger partial charge in [0.15, 0.2) is 0 Å². The normalized spacial score (nSPS) is 10.5. The molecule has 7 nitrogen and oxygen atoms in total. The molecule has 0 aliphatic carbocycles. The van der Waals surface area contributed by atoms with Gasteiger partial charge in [-0.15, -0.1) is 0 Å². The quantitative estimate of drug-likeness (QED) is 0.850. The number of imidazole rings is 1. The average molecular weight is 330 g/mol. The molecule has 1 aromatic carbocycles. The molecule has 1 aromatic heterocycles. The number of benzene rings is 1. The molecule has 1 heterocycles. The molecule has 0 atom stereocenters. The van der Waals surface area contributed by atoms with Gasteiger partial charge in [0.05, 0.1) is 6.61 Å². The number of ether oxygens (including phenoxy) is 1. The van der Waals surface area contributed by atoms with E-state index >= 15 is 0 Å². The monoisotopic (exact) mass is 330 g/mol. The summed E-state index contributed by atoms with van der Waals surface area (Å²) in [7, 11) is 0. The van der Waals surface area contributed by atoms with Gasteiger partial charge in [0, 0.05) is 30.2 Å². The maximum atomic E-state index is 12.4. The molecule has 2 N–H and O–H groups in total. The van der Waals surface area contributed by atoms with Crippen LogP contribution in [0.2, 0.25) is 0 Å². The molecule has 24 heavy (non-hydrogen) atoms. The summed E-state index contributed by atoms with van der Waals surface area (Å²) in [6.45, 7) is 6.96. The predicted octanol–water partition coefficient (Wildman–Crippen LogP) is 3.36. The summed E-state index contributed by atoms with van der Waals surface area (Å²) in [6, 6.07) is 6.63. The SMILES string of the molecule is CCOC(=O)Nc1cccc(C(=O)Nc2nccn2CC(C)C)c1. The van der Waals surface area contributed by atoms with E-state index in [9.17, 15) is 9.59 Å². The minimum absolute atomic E-state index is 0.282. The Morgan fingerprint density at radius 3 is 2.79 bits per heavy atom. The van der Waals surface area contributed by atoms with Crippen LogP contribution >= 0.6 is 0 Å². The van der Waals surface area contributed by atoms with Crippen molar-refractivity contribution in [2.75, 3.05) is 17.2 Å². The molecule has 2 aromatic rings. The van der Waals surface area contributed by atoms with Crippen LogP contribution in [0, 0.1) is 5.92 Å². The van der Waals surface area contributed by atoms with Crippen LogP contribution in [0.15, 0.2) is 36.7 Å². The number of nitrogens with zero attached hydrogens (tertiary/aromatic N) is 2. The van der Waals surface area contributed by atoms with Crippen molar-refractivity contribution in [3.63, 3.8) is 0 Å². The lowest BCUT2D eigenvalue weighted by Crippen LogP contribution is -2.18. The Hall–Kier alpha value is -2.83. The van der Waals surface area contributed by atoms with E-state index in [0.29, 0.717) is 23.1 Å². The summed E-state index contributed by atoms with van der Waals surface area (Å²) >= 11 is 0. The third-order valence-electron chi connectivity index (χ3n) is 3.15. The molecule has 0 saturated carbocycles. The second kappa shape index (κ2) is 8.14. The van der Waals surface area contributed by atoms with Crippen LogP contribution in [0.4, 0.5) is 16.4 Å². The van der Waals surface area contributed by atoms with Gasteiger partial charge in [0.1, 0.15) is 0 Å². The molecule has 0 unspecified atom stereocenters. The van der Waals surface area contributed by atoms with E-state index < -0.39 is 6.09 Å². The van der Waals surface area contributed by atoms with Crippen molar-refractivity contribution in [2.45, 2.75) is 27.3 Å². The van der Waals surface area contributed by atoms with Gasteiger partial charge in [-0.25, -0.2) is 9.78 Å². The number of aromatic nitrogens is 2. The van der Waals surface area contributed by atoms with Gasteiger partial charge in [-0.2, -0.15) is 0 Å². The molecule has 2 rings (SSSR count).